The van der Waals surface area contributed by atoms with Gasteiger partial charge in [0, 0.05) is 28.6 Å². The Morgan fingerprint density at radius 3 is 2.06 bits per heavy atom. The topological polar surface area (TPSA) is 19.0 Å². The summed E-state index contributed by atoms with van der Waals surface area (Å²) in [4.78, 5) is 6.04. The first-order valence-corrected chi connectivity index (χ1v) is 11.1. The van der Waals surface area contributed by atoms with Crippen LogP contribution in [0, 0.1) is 6.92 Å². The van der Waals surface area contributed by atoms with Gasteiger partial charge in [0.2, 0.25) is 0 Å². The molecule has 2 nitrogen and oxygen atoms in total. The quantitative estimate of drug-likeness (QED) is 0.313. The first kappa shape index (κ1) is 20.3. The van der Waals surface area contributed by atoms with Crippen LogP contribution in [0.25, 0.3) is 44.4 Å². The molecule has 2 heteroatoms. The highest BCUT2D eigenvalue weighted by atomic mass is 15.0. The van der Waals surface area contributed by atoms with Crippen molar-refractivity contribution in [1.29, 1.82) is 0 Å². The molecule has 0 saturated heterocycles. The summed E-state index contributed by atoms with van der Waals surface area (Å²) < 4.78 is 0. The third kappa shape index (κ3) is 3.74. The van der Waals surface area contributed by atoms with Gasteiger partial charge < -0.3 is 9.88 Å². The fourth-order valence-electron chi connectivity index (χ4n) is 4.64. The van der Waals surface area contributed by atoms with E-state index in [0.29, 0.717) is 0 Å². The molecule has 4 aromatic carbocycles. The fraction of sp³-hybridized carbons (Fsp3) is 0.133. The van der Waals surface area contributed by atoms with E-state index in [1.807, 2.05) is 0 Å². The zero-order valence-corrected chi connectivity index (χ0v) is 18.9. The van der Waals surface area contributed by atoms with Crippen molar-refractivity contribution in [2.45, 2.75) is 13.5 Å². The van der Waals surface area contributed by atoms with Crippen molar-refractivity contribution in [1.82, 2.24) is 9.88 Å². The van der Waals surface area contributed by atoms with E-state index in [1.54, 1.807) is 0 Å². The molecule has 5 aromatic rings. The lowest BCUT2D eigenvalue weighted by Crippen LogP contribution is -2.11. The van der Waals surface area contributed by atoms with Crippen LogP contribution in [0.15, 0.2) is 97.1 Å². The highest BCUT2D eigenvalue weighted by Gasteiger charge is 2.20. The molecule has 1 N–H and O–H groups in total. The molecule has 0 saturated carbocycles. The highest BCUT2D eigenvalue weighted by Crippen LogP contribution is 2.43. The van der Waals surface area contributed by atoms with Gasteiger partial charge in [0.15, 0.2) is 0 Å². The van der Waals surface area contributed by atoms with Gasteiger partial charge in [-0.15, -0.1) is 0 Å². The summed E-state index contributed by atoms with van der Waals surface area (Å²) in [6.45, 7) is 3.06. The SMILES string of the molecule is Cc1ccc(-c2[nH]c3cccc(-c4ccccc4)c3c2-c2ccccc2)c(CN(C)C)c1. The average Bonchev–Trinajstić information content (AvgIpc) is 3.19. The molecule has 0 fully saturated rings. The van der Waals surface area contributed by atoms with Crippen molar-refractivity contribution < 1.29 is 0 Å². The van der Waals surface area contributed by atoms with E-state index in [-0.39, 0.29) is 0 Å². The van der Waals surface area contributed by atoms with Crippen LogP contribution in [0.4, 0.5) is 0 Å². The molecular formula is C30H28N2. The van der Waals surface area contributed by atoms with Crippen molar-refractivity contribution in [2.24, 2.45) is 0 Å². The van der Waals surface area contributed by atoms with Crippen LogP contribution in [0.3, 0.4) is 0 Å². The molecule has 5 rings (SSSR count). The van der Waals surface area contributed by atoms with Crippen molar-refractivity contribution in [3.05, 3.63) is 108 Å². The van der Waals surface area contributed by atoms with Crippen LogP contribution in [-0.2, 0) is 6.54 Å². The minimum atomic E-state index is 0.895. The molecular weight excluding hydrogens is 388 g/mol. The summed E-state index contributed by atoms with van der Waals surface area (Å²) in [7, 11) is 4.26. The Labute approximate surface area is 190 Å². The normalized spacial score (nSPS) is 11.4. The zero-order valence-electron chi connectivity index (χ0n) is 18.9. The molecule has 1 aromatic heterocycles. The number of hydrogen-bond acceptors (Lipinski definition) is 1. The maximum atomic E-state index is 3.80. The molecule has 0 radical (unpaired) electrons. The maximum absolute atomic E-state index is 3.80. The van der Waals surface area contributed by atoms with Gasteiger partial charge >= 0.3 is 0 Å². The third-order valence-electron chi connectivity index (χ3n) is 5.99. The lowest BCUT2D eigenvalue weighted by molar-refractivity contribution is 0.403. The number of benzene rings is 4. The van der Waals surface area contributed by atoms with E-state index in [2.05, 4.69) is 128 Å². The Morgan fingerprint density at radius 1 is 0.688 bits per heavy atom. The van der Waals surface area contributed by atoms with Crippen LogP contribution in [0.5, 0.6) is 0 Å². The predicted molar refractivity (Wildman–Crippen MR) is 137 cm³/mol. The van der Waals surface area contributed by atoms with Gasteiger partial charge in [0.1, 0.15) is 0 Å². The molecule has 0 amide bonds. The van der Waals surface area contributed by atoms with Gasteiger partial charge in [0.05, 0.1) is 5.69 Å². The van der Waals surface area contributed by atoms with Gasteiger partial charge in [-0.25, -0.2) is 0 Å². The predicted octanol–water partition coefficient (Wildman–Crippen LogP) is 7.54. The maximum Gasteiger partial charge on any atom is 0.0548 e. The van der Waals surface area contributed by atoms with E-state index in [1.165, 1.54) is 50.0 Å². The lowest BCUT2D eigenvalue weighted by Gasteiger charge is -2.16. The molecule has 158 valence electrons. The summed E-state index contributed by atoms with van der Waals surface area (Å²) in [5.41, 5.74) is 11.2. The lowest BCUT2D eigenvalue weighted by atomic mass is 9.91. The van der Waals surface area contributed by atoms with Gasteiger partial charge in [-0.1, -0.05) is 96.6 Å². The number of H-pyrrole nitrogens is 1. The molecule has 0 bridgehead atoms. The standard InChI is InChI=1S/C30H28N2/c1-21-17-18-26(24(19-21)20-32(2)3)30-28(23-13-8-5-9-14-23)29-25(15-10-16-27(29)31-30)22-11-6-4-7-12-22/h4-19,31H,20H2,1-3H3. The van der Waals surface area contributed by atoms with Crippen LogP contribution in [0.2, 0.25) is 0 Å². The largest absolute Gasteiger partial charge is 0.354 e. The van der Waals surface area contributed by atoms with E-state index < -0.39 is 0 Å². The third-order valence-corrected chi connectivity index (χ3v) is 5.99. The second-order valence-corrected chi connectivity index (χ2v) is 8.73. The minimum Gasteiger partial charge on any atom is -0.354 e. The fourth-order valence-corrected chi connectivity index (χ4v) is 4.64. The monoisotopic (exact) mass is 416 g/mol. The molecule has 0 atom stereocenters. The van der Waals surface area contributed by atoms with Gasteiger partial charge in [-0.3, -0.25) is 0 Å². The number of aromatic nitrogens is 1. The number of nitrogens with one attached hydrogen (secondary N) is 1. The van der Waals surface area contributed by atoms with E-state index in [4.69, 9.17) is 0 Å². The van der Waals surface area contributed by atoms with Crippen LogP contribution in [0.1, 0.15) is 11.1 Å². The minimum absolute atomic E-state index is 0.895. The Hall–Kier alpha value is -3.62. The van der Waals surface area contributed by atoms with Crippen molar-refractivity contribution in [3.63, 3.8) is 0 Å². The zero-order chi connectivity index (χ0) is 22.1. The molecule has 0 aliphatic heterocycles. The number of nitrogens with zero attached hydrogens (tertiary/aromatic N) is 1. The van der Waals surface area contributed by atoms with Crippen molar-refractivity contribution in [2.75, 3.05) is 14.1 Å². The van der Waals surface area contributed by atoms with Gasteiger partial charge in [0.25, 0.3) is 0 Å². The van der Waals surface area contributed by atoms with E-state index in [0.717, 1.165) is 12.1 Å². The van der Waals surface area contributed by atoms with Crippen molar-refractivity contribution >= 4 is 10.9 Å². The number of aromatic amines is 1. The highest BCUT2D eigenvalue weighted by molar-refractivity contribution is 6.11. The van der Waals surface area contributed by atoms with Crippen LogP contribution >= 0.6 is 0 Å². The smallest absolute Gasteiger partial charge is 0.0548 e. The summed E-state index contributed by atoms with van der Waals surface area (Å²) in [5.74, 6) is 0. The Kier molecular flexibility index (Phi) is 5.38. The molecule has 32 heavy (non-hydrogen) atoms. The summed E-state index contributed by atoms with van der Waals surface area (Å²) in [5, 5.41) is 1.27. The Balaban J connectivity index is 1.86. The number of rotatable bonds is 5. The van der Waals surface area contributed by atoms with Crippen LogP contribution in [-0.4, -0.2) is 24.0 Å². The summed E-state index contributed by atoms with van der Waals surface area (Å²) in [6, 6.07) is 34.8. The Bertz CT molecular complexity index is 1360. The molecule has 0 aliphatic carbocycles. The molecule has 0 aliphatic rings. The first-order chi connectivity index (χ1) is 15.6. The van der Waals surface area contributed by atoms with Gasteiger partial charge in [-0.05, 0) is 49.3 Å². The second kappa shape index (κ2) is 8.49. The first-order valence-electron chi connectivity index (χ1n) is 11.1. The number of aryl methyl sites for hydroxylation is 1. The van der Waals surface area contributed by atoms with Crippen LogP contribution < -0.4 is 0 Å². The van der Waals surface area contributed by atoms with E-state index in [9.17, 15) is 0 Å². The molecule has 1 heterocycles. The summed E-state index contributed by atoms with van der Waals surface area (Å²) >= 11 is 0. The molecule has 0 unspecified atom stereocenters. The molecule has 0 spiro atoms. The van der Waals surface area contributed by atoms with Gasteiger partial charge in [-0.2, -0.15) is 0 Å². The van der Waals surface area contributed by atoms with Crippen molar-refractivity contribution in [3.8, 4) is 33.5 Å². The average molecular weight is 417 g/mol. The van der Waals surface area contributed by atoms with E-state index >= 15 is 0 Å². The Morgan fingerprint density at radius 2 is 1.38 bits per heavy atom. The second-order valence-electron chi connectivity index (χ2n) is 8.73. The summed E-state index contributed by atoms with van der Waals surface area (Å²) in [6.07, 6.45) is 0. The number of fused-ring (bicyclic) bond motifs is 1. The number of hydrogen-bond donors (Lipinski definition) is 1.